The summed E-state index contributed by atoms with van der Waals surface area (Å²) in [5.41, 5.74) is -0.228. The van der Waals surface area contributed by atoms with Gasteiger partial charge in [0.2, 0.25) is 5.91 Å². The molecule has 3 aliphatic rings. The normalized spacial score (nSPS) is 31.8. The molecule has 0 aromatic carbocycles. The highest BCUT2D eigenvalue weighted by Gasteiger charge is 2.44. The van der Waals surface area contributed by atoms with Crippen molar-refractivity contribution in [3.8, 4) is 0 Å². The highest BCUT2D eigenvalue weighted by Crippen LogP contribution is 2.41. The Kier molecular flexibility index (Phi) is 4.84. The number of hydrogen-bond donors (Lipinski definition) is 0. The van der Waals surface area contributed by atoms with Gasteiger partial charge >= 0.3 is 0 Å². The van der Waals surface area contributed by atoms with E-state index < -0.39 is 0 Å². The van der Waals surface area contributed by atoms with Gasteiger partial charge in [-0.05, 0) is 31.6 Å². The van der Waals surface area contributed by atoms with Crippen LogP contribution in [0.5, 0.6) is 0 Å². The number of fused-ring (bicyclic) bond motifs is 1. The fourth-order valence-corrected chi connectivity index (χ4v) is 5.76. The molecule has 1 amide bonds. The van der Waals surface area contributed by atoms with Crippen molar-refractivity contribution in [3.63, 3.8) is 0 Å². The largest absolute Gasteiger partial charge is 0.381 e. The number of nitrogens with zero attached hydrogens (tertiary/aromatic N) is 1. The lowest BCUT2D eigenvalue weighted by molar-refractivity contribution is -0.148. The number of carbonyl (C=O) groups excluding carboxylic acids is 1. The molecule has 0 unspecified atom stereocenters. The van der Waals surface area contributed by atoms with Gasteiger partial charge in [-0.3, -0.25) is 4.79 Å². The van der Waals surface area contributed by atoms with Crippen LogP contribution in [0, 0.1) is 11.3 Å². The number of carbonyl (C=O) groups is 1. The van der Waals surface area contributed by atoms with Gasteiger partial charge in [-0.15, -0.1) is 0 Å². The minimum atomic E-state index is -0.228. The van der Waals surface area contributed by atoms with Gasteiger partial charge in [0.05, 0.1) is 0 Å². The first-order valence-electron chi connectivity index (χ1n) is 8.61. The van der Waals surface area contributed by atoms with Crippen molar-refractivity contribution < 1.29 is 9.53 Å². The Hall–Kier alpha value is -0.220. The molecule has 1 saturated carbocycles. The lowest BCUT2D eigenvalue weighted by Crippen LogP contribution is -2.56. The molecule has 0 bridgehead atoms. The maximum Gasteiger partial charge on any atom is 0.228 e. The molecule has 3 rings (SSSR count). The molecule has 3 nitrogen and oxygen atoms in total. The number of ether oxygens (including phenoxy) is 1. The number of amides is 1. The van der Waals surface area contributed by atoms with E-state index in [4.69, 9.17) is 4.74 Å². The molecule has 2 aliphatic heterocycles. The fraction of sp³-hybridized carbons (Fsp3) is 0.941. The molecule has 0 radical (unpaired) electrons. The van der Waals surface area contributed by atoms with Gasteiger partial charge in [0.1, 0.15) is 0 Å². The summed E-state index contributed by atoms with van der Waals surface area (Å²) in [6, 6.07) is 0.504. The van der Waals surface area contributed by atoms with Crippen LogP contribution in [0.2, 0.25) is 0 Å². The lowest BCUT2D eigenvalue weighted by Gasteiger charge is -2.48. The monoisotopic (exact) mass is 311 g/mol. The van der Waals surface area contributed by atoms with E-state index in [2.05, 4.69) is 30.5 Å². The molecular formula is C17H29NO2S. The maximum atomic E-state index is 13.2. The number of hydrogen-bond acceptors (Lipinski definition) is 3. The SMILES string of the molecule is CC(C)(C(=O)N1CCS[C@H]2CCCC[C@@H]21)C1CCOCC1. The van der Waals surface area contributed by atoms with E-state index in [1.54, 1.807) is 0 Å². The zero-order valence-corrected chi connectivity index (χ0v) is 14.3. The van der Waals surface area contributed by atoms with Crippen molar-refractivity contribution in [1.29, 1.82) is 0 Å². The molecule has 2 atom stereocenters. The summed E-state index contributed by atoms with van der Waals surface area (Å²) in [4.78, 5) is 15.5. The van der Waals surface area contributed by atoms with E-state index in [0.29, 0.717) is 23.1 Å². The molecule has 120 valence electrons. The first-order chi connectivity index (χ1) is 10.1. The van der Waals surface area contributed by atoms with Crippen molar-refractivity contribution >= 4 is 17.7 Å². The van der Waals surface area contributed by atoms with Crippen LogP contribution in [0.1, 0.15) is 52.4 Å². The van der Waals surface area contributed by atoms with E-state index in [0.717, 1.165) is 38.4 Å². The number of rotatable bonds is 2. The summed E-state index contributed by atoms with van der Waals surface area (Å²) >= 11 is 2.10. The summed E-state index contributed by atoms with van der Waals surface area (Å²) in [7, 11) is 0. The van der Waals surface area contributed by atoms with Crippen LogP contribution < -0.4 is 0 Å². The van der Waals surface area contributed by atoms with Crippen LogP contribution in [0.3, 0.4) is 0 Å². The average molecular weight is 311 g/mol. The molecule has 2 heterocycles. The van der Waals surface area contributed by atoms with Gasteiger partial charge in [0, 0.05) is 42.2 Å². The van der Waals surface area contributed by atoms with Gasteiger partial charge in [0.15, 0.2) is 0 Å². The molecule has 0 aromatic heterocycles. The molecule has 0 aromatic rings. The van der Waals surface area contributed by atoms with Crippen molar-refractivity contribution in [1.82, 2.24) is 4.90 Å². The predicted octanol–water partition coefficient (Wildman–Crippen LogP) is 3.33. The predicted molar refractivity (Wildman–Crippen MR) is 87.5 cm³/mol. The minimum absolute atomic E-state index is 0.228. The van der Waals surface area contributed by atoms with Crippen LogP contribution in [-0.4, -0.2) is 47.6 Å². The molecule has 0 spiro atoms. The molecule has 4 heteroatoms. The van der Waals surface area contributed by atoms with Crippen molar-refractivity contribution in [3.05, 3.63) is 0 Å². The zero-order chi connectivity index (χ0) is 14.9. The van der Waals surface area contributed by atoms with Crippen LogP contribution in [-0.2, 0) is 9.53 Å². The van der Waals surface area contributed by atoms with Gasteiger partial charge < -0.3 is 9.64 Å². The summed E-state index contributed by atoms with van der Waals surface area (Å²) in [6.07, 6.45) is 7.23. The standard InChI is InChI=1S/C17H29NO2S/c1-17(2,13-7-10-20-11-8-13)16(19)18-9-12-21-15-6-4-3-5-14(15)18/h13-15H,3-12H2,1-2H3/t14-,15-/m0/s1. The topological polar surface area (TPSA) is 29.5 Å². The Bertz CT molecular complexity index is 377. The summed E-state index contributed by atoms with van der Waals surface area (Å²) in [5, 5.41) is 0.696. The molecule has 0 N–H and O–H groups in total. The second kappa shape index (κ2) is 6.49. The van der Waals surface area contributed by atoms with E-state index >= 15 is 0 Å². The Morgan fingerprint density at radius 3 is 2.62 bits per heavy atom. The fourth-order valence-electron chi connectivity index (χ4n) is 4.31. The molecule has 1 aliphatic carbocycles. The smallest absolute Gasteiger partial charge is 0.228 e. The Labute approximate surface area is 133 Å². The van der Waals surface area contributed by atoms with Crippen LogP contribution in [0.25, 0.3) is 0 Å². The Morgan fingerprint density at radius 2 is 1.86 bits per heavy atom. The molecular weight excluding hydrogens is 282 g/mol. The summed E-state index contributed by atoms with van der Waals surface area (Å²) in [6.45, 7) is 6.94. The Balaban J connectivity index is 1.72. The van der Waals surface area contributed by atoms with Crippen molar-refractivity contribution in [2.45, 2.75) is 63.7 Å². The van der Waals surface area contributed by atoms with Crippen molar-refractivity contribution in [2.24, 2.45) is 11.3 Å². The second-order valence-electron chi connectivity index (χ2n) is 7.37. The summed E-state index contributed by atoms with van der Waals surface area (Å²) < 4.78 is 5.48. The van der Waals surface area contributed by atoms with Crippen molar-refractivity contribution in [2.75, 3.05) is 25.5 Å². The van der Waals surface area contributed by atoms with E-state index in [-0.39, 0.29) is 5.41 Å². The van der Waals surface area contributed by atoms with Gasteiger partial charge in [-0.2, -0.15) is 11.8 Å². The van der Waals surface area contributed by atoms with E-state index in [1.807, 2.05) is 0 Å². The van der Waals surface area contributed by atoms with Crippen LogP contribution in [0.4, 0.5) is 0 Å². The van der Waals surface area contributed by atoms with Crippen LogP contribution >= 0.6 is 11.8 Å². The highest BCUT2D eigenvalue weighted by molar-refractivity contribution is 8.00. The first-order valence-corrected chi connectivity index (χ1v) is 9.66. The van der Waals surface area contributed by atoms with Gasteiger partial charge in [0.25, 0.3) is 0 Å². The molecule has 2 saturated heterocycles. The molecule has 3 fully saturated rings. The van der Waals surface area contributed by atoms with Crippen LogP contribution in [0.15, 0.2) is 0 Å². The average Bonchev–Trinajstić information content (AvgIpc) is 2.54. The Morgan fingerprint density at radius 1 is 1.14 bits per heavy atom. The zero-order valence-electron chi connectivity index (χ0n) is 13.5. The quantitative estimate of drug-likeness (QED) is 0.783. The third kappa shape index (κ3) is 3.12. The van der Waals surface area contributed by atoms with E-state index in [1.165, 1.54) is 25.7 Å². The van der Waals surface area contributed by atoms with Gasteiger partial charge in [-0.1, -0.05) is 26.7 Å². The van der Waals surface area contributed by atoms with Gasteiger partial charge in [-0.25, -0.2) is 0 Å². The number of thioether (sulfide) groups is 1. The second-order valence-corrected chi connectivity index (χ2v) is 8.72. The highest BCUT2D eigenvalue weighted by atomic mass is 32.2. The van der Waals surface area contributed by atoms with E-state index in [9.17, 15) is 4.79 Å². The maximum absolute atomic E-state index is 13.2. The third-order valence-corrected chi connectivity index (χ3v) is 7.18. The molecule has 21 heavy (non-hydrogen) atoms. The summed E-state index contributed by atoms with van der Waals surface area (Å²) in [5.74, 6) is 2.01. The third-order valence-electron chi connectivity index (χ3n) is 5.79. The lowest BCUT2D eigenvalue weighted by atomic mass is 9.73. The minimum Gasteiger partial charge on any atom is -0.381 e. The first kappa shape index (κ1) is 15.7.